The number of aromatic nitrogens is 3. The normalized spacial score (nSPS) is 15.2. The Morgan fingerprint density at radius 2 is 1.82 bits per heavy atom. The van der Waals surface area contributed by atoms with Crippen molar-refractivity contribution >= 4 is 26.7 Å². The van der Waals surface area contributed by atoms with Gasteiger partial charge >= 0.3 is 5.69 Å². The number of rotatable bonds is 4. The van der Waals surface area contributed by atoms with Gasteiger partial charge < -0.3 is 0 Å². The van der Waals surface area contributed by atoms with Crippen LogP contribution >= 0.6 is 0 Å². The molecule has 3 aromatic rings. The molecule has 2 aromatic heterocycles. The van der Waals surface area contributed by atoms with Gasteiger partial charge in [-0.3, -0.25) is 18.7 Å². The molecule has 9 heteroatoms. The first-order valence-corrected chi connectivity index (χ1v) is 10.5. The summed E-state index contributed by atoms with van der Waals surface area (Å²) in [5.41, 5.74) is -0.532. The molecule has 2 heterocycles. The van der Waals surface area contributed by atoms with Crippen LogP contribution in [-0.4, -0.2) is 29.0 Å². The van der Waals surface area contributed by atoms with E-state index in [0.29, 0.717) is 5.69 Å². The first kappa shape index (κ1) is 18.4. The largest absolute Gasteiger partial charge is 0.329 e. The summed E-state index contributed by atoms with van der Waals surface area (Å²) >= 11 is 0. The number of pyridine rings is 1. The molecular formula is C19H20N4O4S. The fourth-order valence-corrected chi connectivity index (χ4v) is 5.41. The van der Waals surface area contributed by atoms with Crippen LogP contribution in [0.25, 0.3) is 11.0 Å². The molecule has 0 aliphatic heterocycles. The van der Waals surface area contributed by atoms with Crippen molar-refractivity contribution in [3.05, 3.63) is 63.4 Å². The van der Waals surface area contributed by atoms with Crippen LogP contribution in [0.1, 0.15) is 25.7 Å². The minimum Gasteiger partial charge on any atom is -0.281 e. The van der Waals surface area contributed by atoms with E-state index in [1.807, 2.05) is 6.07 Å². The molecule has 0 spiro atoms. The van der Waals surface area contributed by atoms with E-state index in [1.54, 1.807) is 24.3 Å². The second-order valence-corrected chi connectivity index (χ2v) is 8.75. The predicted octanol–water partition coefficient (Wildman–Crippen LogP) is 1.76. The number of fused-ring (bicyclic) bond motifs is 1. The zero-order valence-electron chi connectivity index (χ0n) is 15.3. The highest BCUT2D eigenvalue weighted by Crippen LogP contribution is 2.33. The van der Waals surface area contributed by atoms with Crippen molar-refractivity contribution < 1.29 is 8.42 Å². The number of H-pyrrole nitrogens is 1. The molecule has 4 rings (SSSR count). The Labute approximate surface area is 161 Å². The molecule has 1 saturated carbocycles. The first-order chi connectivity index (χ1) is 13.4. The van der Waals surface area contributed by atoms with Gasteiger partial charge in [-0.1, -0.05) is 31.0 Å². The summed E-state index contributed by atoms with van der Waals surface area (Å²) in [5, 5.41) is 0.0580. The van der Waals surface area contributed by atoms with Crippen LogP contribution in [0.5, 0.6) is 0 Å². The fraction of sp³-hybridized carbons (Fsp3) is 0.316. The van der Waals surface area contributed by atoms with E-state index in [1.165, 1.54) is 28.2 Å². The van der Waals surface area contributed by atoms with Crippen LogP contribution in [0.4, 0.5) is 5.69 Å². The number of para-hydroxylation sites is 1. The summed E-state index contributed by atoms with van der Waals surface area (Å²) in [6.45, 7) is 0. The van der Waals surface area contributed by atoms with Crippen molar-refractivity contribution in [1.29, 1.82) is 0 Å². The van der Waals surface area contributed by atoms with Crippen molar-refractivity contribution in [2.75, 3.05) is 4.31 Å². The highest BCUT2D eigenvalue weighted by molar-refractivity contribution is 7.92. The van der Waals surface area contributed by atoms with Crippen LogP contribution in [0.3, 0.4) is 0 Å². The molecule has 1 aliphatic carbocycles. The highest BCUT2D eigenvalue weighted by Gasteiger charge is 2.34. The number of aryl methyl sites for hydroxylation is 1. The van der Waals surface area contributed by atoms with Gasteiger partial charge in [0, 0.05) is 19.3 Å². The zero-order chi connectivity index (χ0) is 19.9. The van der Waals surface area contributed by atoms with Crippen molar-refractivity contribution in [3.63, 3.8) is 0 Å². The fourth-order valence-electron chi connectivity index (χ4n) is 3.73. The minimum absolute atomic E-state index is 0.0580. The lowest BCUT2D eigenvalue weighted by Gasteiger charge is -2.30. The monoisotopic (exact) mass is 400 g/mol. The number of aromatic amines is 1. The topological polar surface area (TPSA) is 105 Å². The van der Waals surface area contributed by atoms with Crippen LogP contribution in [0, 0.1) is 0 Å². The van der Waals surface area contributed by atoms with Gasteiger partial charge in [0.1, 0.15) is 10.5 Å². The van der Waals surface area contributed by atoms with Gasteiger partial charge in [0.15, 0.2) is 0 Å². The Morgan fingerprint density at radius 3 is 2.50 bits per heavy atom. The molecule has 0 unspecified atom stereocenters. The van der Waals surface area contributed by atoms with Gasteiger partial charge in [-0.15, -0.1) is 0 Å². The van der Waals surface area contributed by atoms with Gasteiger partial charge in [0.05, 0.1) is 11.1 Å². The third kappa shape index (κ3) is 3.01. The Bertz CT molecular complexity index is 1240. The smallest absolute Gasteiger partial charge is 0.281 e. The zero-order valence-corrected chi connectivity index (χ0v) is 16.1. The summed E-state index contributed by atoms with van der Waals surface area (Å²) in [5.74, 6) is 0. The van der Waals surface area contributed by atoms with Crippen LogP contribution in [0.15, 0.2) is 57.1 Å². The molecule has 0 atom stereocenters. The number of anilines is 1. The molecule has 8 nitrogen and oxygen atoms in total. The minimum atomic E-state index is -3.94. The molecule has 0 radical (unpaired) electrons. The summed E-state index contributed by atoms with van der Waals surface area (Å²) in [7, 11) is -2.47. The third-order valence-corrected chi connectivity index (χ3v) is 7.00. The first-order valence-electron chi connectivity index (χ1n) is 9.08. The maximum absolute atomic E-state index is 13.5. The van der Waals surface area contributed by atoms with E-state index in [0.717, 1.165) is 25.7 Å². The molecule has 1 aliphatic rings. The summed E-state index contributed by atoms with van der Waals surface area (Å²) in [6.07, 6.45) is 4.72. The second kappa shape index (κ2) is 6.90. The average Bonchev–Trinajstić information content (AvgIpc) is 3.20. The van der Waals surface area contributed by atoms with E-state index >= 15 is 0 Å². The SMILES string of the molecule is Cn1c(=O)[nH]c(=O)c2cc(S(=O)(=O)N(c3ccccc3)C3CCCC3)cnc21. The standard InChI is InChI=1S/C19H20N4O4S/c1-22-17-16(18(24)21-19(22)25)11-15(12-20-17)28(26,27)23(14-9-5-6-10-14)13-7-3-2-4-8-13/h2-4,7-8,11-12,14H,5-6,9-10H2,1H3,(H,21,24,25). The van der Waals surface area contributed by atoms with E-state index in [9.17, 15) is 18.0 Å². The van der Waals surface area contributed by atoms with Crippen molar-refractivity contribution in [2.24, 2.45) is 7.05 Å². The Kier molecular flexibility index (Phi) is 4.54. The maximum Gasteiger partial charge on any atom is 0.329 e. The van der Waals surface area contributed by atoms with E-state index in [4.69, 9.17) is 0 Å². The van der Waals surface area contributed by atoms with E-state index in [2.05, 4.69) is 9.97 Å². The lowest BCUT2D eigenvalue weighted by Crippen LogP contribution is -2.39. The summed E-state index contributed by atoms with van der Waals surface area (Å²) < 4.78 is 29.7. The molecule has 1 fully saturated rings. The molecule has 0 bridgehead atoms. The molecule has 146 valence electrons. The number of hydrogen-bond donors (Lipinski definition) is 1. The van der Waals surface area contributed by atoms with Crippen LogP contribution in [0.2, 0.25) is 0 Å². The highest BCUT2D eigenvalue weighted by atomic mass is 32.2. The Hall–Kier alpha value is -2.94. The van der Waals surface area contributed by atoms with Gasteiger partial charge in [-0.2, -0.15) is 0 Å². The van der Waals surface area contributed by atoms with Gasteiger partial charge in [0.25, 0.3) is 15.6 Å². The van der Waals surface area contributed by atoms with Gasteiger partial charge in [0.2, 0.25) is 0 Å². The number of nitrogens with zero attached hydrogens (tertiary/aromatic N) is 3. The maximum atomic E-state index is 13.5. The molecule has 0 amide bonds. The number of hydrogen-bond acceptors (Lipinski definition) is 5. The van der Waals surface area contributed by atoms with Crippen molar-refractivity contribution in [1.82, 2.24) is 14.5 Å². The van der Waals surface area contributed by atoms with E-state index in [-0.39, 0.29) is 22.0 Å². The van der Waals surface area contributed by atoms with Gasteiger partial charge in [-0.25, -0.2) is 18.2 Å². The molecular weight excluding hydrogens is 380 g/mol. The lowest BCUT2D eigenvalue weighted by molar-refractivity contribution is 0.574. The molecule has 1 N–H and O–H groups in total. The van der Waals surface area contributed by atoms with Gasteiger partial charge in [-0.05, 0) is 31.0 Å². The molecule has 1 aromatic carbocycles. The number of nitrogens with one attached hydrogen (secondary N) is 1. The molecule has 28 heavy (non-hydrogen) atoms. The van der Waals surface area contributed by atoms with Crippen LogP contribution in [-0.2, 0) is 17.1 Å². The number of benzene rings is 1. The summed E-state index contributed by atoms with van der Waals surface area (Å²) in [4.78, 5) is 30.2. The number of sulfonamides is 1. The van der Waals surface area contributed by atoms with Crippen molar-refractivity contribution in [3.8, 4) is 0 Å². The average molecular weight is 400 g/mol. The third-order valence-electron chi connectivity index (χ3n) is 5.15. The van der Waals surface area contributed by atoms with E-state index < -0.39 is 21.3 Å². The molecule has 0 saturated heterocycles. The van der Waals surface area contributed by atoms with Crippen LogP contribution < -0.4 is 15.6 Å². The Morgan fingerprint density at radius 1 is 1.14 bits per heavy atom. The second-order valence-electron chi connectivity index (χ2n) is 6.94. The lowest BCUT2D eigenvalue weighted by atomic mass is 10.2. The van der Waals surface area contributed by atoms with Crippen molar-refractivity contribution in [2.45, 2.75) is 36.6 Å². The predicted molar refractivity (Wildman–Crippen MR) is 106 cm³/mol. The summed E-state index contributed by atoms with van der Waals surface area (Å²) in [6, 6.07) is 10.1. The quantitative estimate of drug-likeness (QED) is 0.718. The Balaban J connectivity index is 1.90.